The Bertz CT molecular complexity index is 781. The minimum Gasteiger partial charge on any atom is -0.491 e. The largest absolute Gasteiger partial charge is 0.491 e. The van der Waals surface area contributed by atoms with E-state index in [0.717, 1.165) is 35.0 Å². The Hall–Kier alpha value is -1.88. The molecule has 1 saturated carbocycles. The molecule has 2 aromatic rings. The lowest BCUT2D eigenvalue weighted by molar-refractivity contribution is 0.405. The Labute approximate surface area is 147 Å². The molecule has 3 rings (SSSR count). The van der Waals surface area contributed by atoms with Gasteiger partial charge in [0.2, 0.25) is 0 Å². The van der Waals surface area contributed by atoms with Gasteiger partial charge in [-0.3, -0.25) is 4.79 Å². The first-order valence-electron chi connectivity index (χ1n) is 8.38. The van der Waals surface area contributed by atoms with Crippen LogP contribution in [0, 0.1) is 5.92 Å². The summed E-state index contributed by atoms with van der Waals surface area (Å²) in [7, 11) is 3.30. The highest BCUT2D eigenvalue weighted by atomic mass is 32.2. The van der Waals surface area contributed by atoms with Crippen molar-refractivity contribution in [3.8, 4) is 16.9 Å². The number of anilines is 1. The van der Waals surface area contributed by atoms with E-state index in [2.05, 4.69) is 30.4 Å². The lowest BCUT2D eigenvalue weighted by atomic mass is 10.0. The van der Waals surface area contributed by atoms with Crippen LogP contribution in [0.4, 0.5) is 5.69 Å². The smallest absolute Gasteiger partial charge is 0.292 e. The summed E-state index contributed by atoms with van der Waals surface area (Å²) in [4.78, 5) is 13.3. The third kappa shape index (κ3) is 3.78. The summed E-state index contributed by atoms with van der Waals surface area (Å²) >= 11 is 1.82. The highest BCUT2D eigenvalue weighted by Gasteiger charge is 2.21. The second-order valence-corrected chi connectivity index (χ2v) is 7.52. The Balaban J connectivity index is 2.03. The third-order valence-corrected chi connectivity index (χ3v) is 5.14. The van der Waals surface area contributed by atoms with E-state index in [9.17, 15) is 4.79 Å². The lowest BCUT2D eigenvalue weighted by Gasteiger charge is -2.15. The first kappa shape index (κ1) is 17.0. The minimum absolute atomic E-state index is 0.118. The quantitative estimate of drug-likeness (QED) is 0.771. The van der Waals surface area contributed by atoms with Gasteiger partial charge in [0, 0.05) is 41.5 Å². The molecule has 0 atom stereocenters. The number of ether oxygens (including phenoxy) is 1. The number of benzene rings is 1. The first-order chi connectivity index (χ1) is 11.6. The fourth-order valence-corrected chi connectivity index (χ4v) is 3.42. The third-order valence-electron chi connectivity index (χ3n) is 4.26. The van der Waals surface area contributed by atoms with E-state index < -0.39 is 0 Å². The van der Waals surface area contributed by atoms with Crippen molar-refractivity contribution < 1.29 is 4.74 Å². The van der Waals surface area contributed by atoms with Crippen LogP contribution in [-0.2, 0) is 7.05 Å². The second kappa shape index (κ2) is 7.34. The van der Waals surface area contributed by atoms with Gasteiger partial charge in [-0.15, -0.1) is 11.8 Å². The Morgan fingerprint density at radius 2 is 2.12 bits per heavy atom. The average molecular weight is 344 g/mol. The number of rotatable bonds is 7. The second-order valence-electron chi connectivity index (χ2n) is 6.18. The van der Waals surface area contributed by atoms with Crippen molar-refractivity contribution in [2.24, 2.45) is 13.0 Å². The molecule has 1 N–H and O–H groups in total. The van der Waals surface area contributed by atoms with Crippen LogP contribution in [0.15, 0.2) is 40.2 Å². The molecule has 1 aliphatic carbocycles. The number of nitrogens with one attached hydrogen (secondary N) is 1. The Morgan fingerprint density at radius 3 is 2.79 bits per heavy atom. The van der Waals surface area contributed by atoms with Crippen molar-refractivity contribution in [1.82, 2.24) is 4.57 Å². The fourth-order valence-electron chi connectivity index (χ4n) is 2.72. The highest BCUT2D eigenvalue weighted by molar-refractivity contribution is 7.99. The molecule has 128 valence electrons. The van der Waals surface area contributed by atoms with Gasteiger partial charge in [0.25, 0.3) is 5.56 Å². The van der Waals surface area contributed by atoms with Crippen LogP contribution < -0.4 is 15.6 Å². The van der Waals surface area contributed by atoms with E-state index >= 15 is 0 Å². The van der Waals surface area contributed by atoms with Crippen LogP contribution >= 0.6 is 11.8 Å². The average Bonchev–Trinajstić information content (AvgIpc) is 3.40. The number of methoxy groups -OCH3 is 1. The molecule has 0 unspecified atom stereocenters. The van der Waals surface area contributed by atoms with Crippen molar-refractivity contribution >= 4 is 17.4 Å². The number of pyridine rings is 1. The summed E-state index contributed by atoms with van der Waals surface area (Å²) in [5, 5.41) is 3.58. The number of thioether (sulfide) groups is 1. The van der Waals surface area contributed by atoms with Crippen molar-refractivity contribution in [3.63, 3.8) is 0 Å². The van der Waals surface area contributed by atoms with Crippen molar-refractivity contribution in [3.05, 3.63) is 40.8 Å². The van der Waals surface area contributed by atoms with Gasteiger partial charge in [0.05, 0.1) is 7.11 Å². The van der Waals surface area contributed by atoms with E-state index in [-0.39, 0.29) is 5.56 Å². The number of aromatic nitrogens is 1. The molecular formula is C19H24N2O2S. The first-order valence-corrected chi connectivity index (χ1v) is 9.36. The molecule has 24 heavy (non-hydrogen) atoms. The van der Waals surface area contributed by atoms with Crippen molar-refractivity contribution in [2.45, 2.75) is 24.7 Å². The molecule has 1 heterocycles. The number of hydrogen-bond acceptors (Lipinski definition) is 4. The topological polar surface area (TPSA) is 43.3 Å². The normalized spacial score (nSPS) is 13.8. The Morgan fingerprint density at radius 1 is 1.33 bits per heavy atom. The summed E-state index contributed by atoms with van der Waals surface area (Å²) in [5.41, 5.74) is 3.10. The van der Waals surface area contributed by atoms with Crippen molar-refractivity contribution in [2.75, 3.05) is 24.7 Å². The predicted octanol–water partition coefficient (Wildman–Crippen LogP) is 3.99. The van der Waals surface area contributed by atoms with Crippen LogP contribution in [0.1, 0.15) is 19.8 Å². The van der Waals surface area contributed by atoms with E-state index in [1.807, 2.05) is 24.0 Å². The molecule has 0 amide bonds. The summed E-state index contributed by atoms with van der Waals surface area (Å²) in [6.45, 7) is 3.16. The monoisotopic (exact) mass is 344 g/mol. The molecule has 0 saturated heterocycles. The van der Waals surface area contributed by atoms with E-state index in [1.54, 1.807) is 11.6 Å². The van der Waals surface area contributed by atoms with Gasteiger partial charge in [-0.2, -0.15) is 0 Å². The van der Waals surface area contributed by atoms with Gasteiger partial charge < -0.3 is 14.6 Å². The van der Waals surface area contributed by atoms with Gasteiger partial charge in [-0.25, -0.2) is 0 Å². The lowest BCUT2D eigenvalue weighted by Crippen LogP contribution is -2.18. The maximum atomic E-state index is 12.1. The maximum absolute atomic E-state index is 12.1. The molecule has 4 nitrogen and oxygen atoms in total. The van der Waals surface area contributed by atoms with Gasteiger partial charge in [0.1, 0.15) is 0 Å². The highest BCUT2D eigenvalue weighted by Crippen LogP contribution is 2.35. The number of hydrogen-bond donors (Lipinski definition) is 1. The van der Waals surface area contributed by atoms with E-state index in [4.69, 9.17) is 4.74 Å². The maximum Gasteiger partial charge on any atom is 0.292 e. The van der Waals surface area contributed by atoms with E-state index in [0.29, 0.717) is 5.75 Å². The van der Waals surface area contributed by atoms with Crippen LogP contribution in [0.3, 0.4) is 0 Å². The van der Waals surface area contributed by atoms with Crippen LogP contribution in [-0.4, -0.2) is 24.0 Å². The molecule has 0 bridgehead atoms. The van der Waals surface area contributed by atoms with Crippen LogP contribution in [0.25, 0.3) is 11.1 Å². The Kier molecular flexibility index (Phi) is 5.19. The summed E-state index contributed by atoms with van der Waals surface area (Å²) in [6, 6.07) is 8.34. The zero-order chi connectivity index (χ0) is 17.1. The zero-order valence-electron chi connectivity index (χ0n) is 14.5. The number of aryl methyl sites for hydroxylation is 1. The van der Waals surface area contributed by atoms with Gasteiger partial charge in [0.15, 0.2) is 5.75 Å². The molecular weight excluding hydrogens is 320 g/mol. The van der Waals surface area contributed by atoms with Gasteiger partial charge >= 0.3 is 0 Å². The predicted molar refractivity (Wildman–Crippen MR) is 101 cm³/mol. The SMILES string of the molecule is CCSc1ccc(NCC2CC2)c(-c2cc(OC)c(=O)n(C)c2)c1. The molecule has 1 aliphatic rings. The standard InChI is InChI=1S/C19H24N2O2S/c1-4-24-15-7-8-17(20-11-13-5-6-13)16(10-15)14-9-18(23-3)19(22)21(2)12-14/h7-10,12-13,20H,4-6,11H2,1-3H3. The molecule has 5 heteroatoms. The summed E-state index contributed by atoms with van der Waals surface area (Å²) in [5.74, 6) is 2.21. The van der Waals surface area contributed by atoms with Crippen LogP contribution in [0.2, 0.25) is 0 Å². The molecule has 0 radical (unpaired) electrons. The molecule has 0 spiro atoms. The zero-order valence-corrected chi connectivity index (χ0v) is 15.3. The van der Waals surface area contributed by atoms with Gasteiger partial charge in [-0.05, 0) is 48.8 Å². The fraction of sp³-hybridized carbons (Fsp3) is 0.421. The van der Waals surface area contributed by atoms with Crippen LogP contribution in [0.5, 0.6) is 5.75 Å². The molecule has 1 aromatic heterocycles. The summed E-state index contributed by atoms with van der Waals surface area (Å²) in [6.07, 6.45) is 4.52. The molecule has 1 aromatic carbocycles. The number of nitrogens with zero attached hydrogens (tertiary/aromatic N) is 1. The minimum atomic E-state index is -0.118. The van der Waals surface area contributed by atoms with Crippen molar-refractivity contribution in [1.29, 1.82) is 0 Å². The van der Waals surface area contributed by atoms with E-state index in [1.165, 1.54) is 24.8 Å². The van der Waals surface area contributed by atoms with Gasteiger partial charge in [-0.1, -0.05) is 6.92 Å². The molecule has 1 fully saturated rings. The summed E-state index contributed by atoms with van der Waals surface area (Å²) < 4.78 is 6.84. The molecule has 0 aliphatic heterocycles.